The Kier molecular flexibility index (Phi) is 9.49. The normalized spacial score (nSPS) is 26.2. The van der Waals surface area contributed by atoms with Gasteiger partial charge in [0.25, 0.3) is 0 Å². The van der Waals surface area contributed by atoms with Gasteiger partial charge in [0, 0.05) is 18.8 Å². The minimum atomic E-state index is -0.0382. The van der Waals surface area contributed by atoms with Crippen LogP contribution in [0.4, 0.5) is 0 Å². The van der Waals surface area contributed by atoms with Gasteiger partial charge in [-0.25, -0.2) is 0 Å². The second-order valence-electron chi connectivity index (χ2n) is 6.32. The molecule has 1 saturated carbocycles. The number of unbranched alkanes of at least 4 members (excludes halogenated alkanes) is 5. The number of aliphatic hydroxyl groups is 1. The van der Waals surface area contributed by atoms with Crippen LogP contribution in [0.15, 0.2) is 0 Å². The van der Waals surface area contributed by atoms with E-state index in [2.05, 4.69) is 12.2 Å². The summed E-state index contributed by atoms with van der Waals surface area (Å²) in [6.45, 7) is 4.27. The largest absolute Gasteiger partial charge is 0.394 e. The number of hydrogen-bond acceptors (Lipinski definition) is 3. The molecule has 3 nitrogen and oxygen atoms in total. The van der Waals surface area contributed by atoms with Gasteiger partial charge in [-0.1, -0.05) is 45.4 Å². The zero-order valence-electron chi connectivity index (χ0n) is 13.6. The summed E-state index contributed by atoms with van der Waals surface area (Å²) >= 11 is 0. The quantitative estimate of drug-likeness (QED) is 0.539. The van der Waals surface area contributed by atoms with Gasteiger partial charge in [-0.2, -0.15) is 0 Å². The smallest absolute Gasteiger partial charge is 0.0615 e. The highest BCUT2D eigenvalue weighted by atomic mass is 16.5. The molecule has 3 heteroatoms. The molecule has 1 aliphatic carbocycles. The number of hydrogen-bond donors (Lipinski definition) is 2. The Hall–Kier alpha value is -0.120. The topological polar surface area (TPSA) is 41.5 Å². The SMILES string of the molecule is CCCCCCCCOCCC1CCCC1(CO)NC. The van der Waals surface area contributed by atoms with E-state index in [1.54, 1.807) is 0 Å². The van der Waals surface area contributed by atoms with Crippen molar-refractivity contribution in [2.75, 3.05) is 26.9 Å². The zero-order valence-corrected chi connectivity index (χ0v) is 13.6. The van der Waals surface area contributed by atoms with Crippen LogP contribution in [-0.4, -0.2) is 37.5 Å². The average Bonchev–Trinajstić information content (AvgIpc) is 2.89. The van der Waals surface area contributed by atoms with Crippen molar-refractivity contribution in [2.24, 2.45) is 5.92 Å². The zero-order chi connectivity index (χ0) is 14.7. The van der Waals surface area contributed by atoms with E-state index in [0.29, 0.717) is 5.92 Å². The Morgan fingerprint density at radius 3 is 2.60 bits per heavy atom. The molecule has 0 amide bonds. The molecular weight excluding hydrogens is 250 g/mol. The van der Waals surface area contributed by atoms with Gasteiger partial charge in [-0.05, 0) is 38.6 Å². The summed E-state index contributed by atoms with van der Waals surface area (Å²) in [5.74, 6) is 0.571. The van der Waals surface area contributed by atoms with Crippen molar-refractivity contribution < 1.29 is 9.84 Å². The number of aliphatic hydroxyl groups excluding tert-OH is 1. The molecule has 0 bridgehead atoms. The van der Waals surface area contributed by atoms with E-state index in [0.717, 1.165) is 26.1 Å². The van der Waals surface area contributed by atoms with Crippen molar-refractivity contribution in [1.29, 1.82) is 0 Å². The van der Waals surface area contributed by atoms with Gasteiger partial charge in [-0.3, -0.25) is 0 Å². The summed E-state index contributed by atoms with van der Waals surface area (Å²) in [5, 5.41) is 13.0. The van der Waals surface area contributed by atoms with Crippen molar-refractivity contribution in [3.8, 4) is 0 Å². The number of likely N-dealkylation sites (N-methyl/N-ethyl adjacent to an activating group) is 1. The van der Waals surface area contributed by atoms with E-state index in [-0.39, 0.29) is 12.1 Å². The molecular formula is C17H35NO2. The molecule has 2 unspecified atom stereocenters. The molecule has 1 fully saturated rings. The molecule has 0 spiro atoms. The maximum absolute atomic E-state index is 9.63. The van der Waals surface area contributed by atoms with Gasteiger partial charge >= 0.3 is 0 Å². The third-order valence-corrected chi connectivity index (χ3v) is 4.99. The molecule has 2 N–H and O–H groups in total. The fourth-order valence-corrected chi connectivity index (χ4v) is 3.49. The molecule has 1 aliphatic rings. The maximum Gasteiger partial charge on any atom is 0.0615 e. The van der Waals surface area contributed by atoms with Crippen LogP contribution in [0, 0.1) is 5.92 Å². The van der Waals surface area contributed by atoms with E-state index in [9.17, 15) is 5.11 Å². The lowest BCUT2D eigenvalue weighted by Gasteiger charge is -2.33. The Bertz CT molecular complexity index is 229. The summed E-state index contributed by atoms with van der Waals surface area (Å²) in [5.41, 5.74) is -0.0382. The minimum Gasteiger partial charge on any atom is -0.394 e. The number of rotatable bonds is 12. The van der Waals surface area contributed by atoms with Gasteiger partial charge in [-0.15, -0.1) is 0 Å². The van der Waals surface area contributed by atoms with Gasteiger partial charge in [0.15, 0.2) is 0 Å². The van der Waals surface area contributed by atoms with E-state index >= 15 is 0 Å². The Morgan fingerprint density at radius 1 is 1.15 bits per heavy atom. The molecule has 0 aromatic carbocycles. The fourth-order valence-electron chi connectivity index (χ4n) is 3.49. The van der Waals surface area contributed by atoms with Crippen molar-refractivity contribution in [3.05, 3.63) is 0 Å². The van der Waals surface area contributed by atoms with E-state index in [1.165, 1.54) is 51.4 Å². The Morgan fingerprint density at radius 2 is 1.90 bits per heavy atom. The van der Waals surface area contributed by atoms with Crippen molar-refractivity contribution in [3.63, 3.8) is 0 Å². The van der Waals surface area contributed by atoms with Crippen LogP contribution in [0.25, 0.3) is 0 Å². The highest BCUT2D eigenvalue weighted by Gasteiger charge is 2.40. The highest BCUT2D eigenvalue weighted by molar-refractivity contribution is 4.97. The number of nitrogens with one attached hydrogen (secondary N) is 1. The van der Waals surface area contributed by atoms with Gasteiger partial charge in [0.05, 0.1) is 6.61 Å². The lowest BCUT2D eigenvalue weighted by atomic mass is 9.86. The summed E-state index contributed by atoms with van der Waals surface area (Å²) < 4.78 is 5.78. The van der Waals surface area contributed by atoms with Gasteiger partial charge in [0.2, 0.25) is 0 Å². The first-order valence-electron chi connectivity index (χ1n) is 8.66. The van der Waals surface area contributed by atoms with E-state index < -0.39 is 0 Å². The van der Waals surface area contributed by atoms with Gasteiger partial charge < -0.3 is 15.2 Å². The molecule has 2 atom stereocenters. The molecule has 120 valence electrons. The average molecular weight is 285 g/mol. The molecule has 20 heavy (non-hydrogen) atoms. The predicted molar refractivity (Wildman–Crippen MR) is 85.0 cm³/mol. The lowest BCUT2D eigenvalue weighted by Crippen LogP contribution is -2.49. The lowest BCUT2D eigenvalue weighted by molar-refractivity contribution is 0.0809. The van der Waals surface area contributed by atoms with Crippen LogP contribution in [-0.2, 0) is 4.74 Å². The summed E-state index contributed by atoms with van der Waals surface area (Å²) in [7, 11) is 1.98. The molecule has 0 radical (unpaired) electrons. The van der Waals surface area contributed by atoms with Crippen LogP contribution in [0.2, 0.25) is 0 Å². The fraction of sp³-hybridized carbons (Fsp3) is 1.00. The third kappa shape index (κ3) is 5.71. The van der Waals surface area contributed by atoms with Crippen molar-refractivity contribution in [1.82, 2.24) is 5.32 Å². The molecule has 0 aromatic rings. The monoisotopic (exact) mass is 285 g/mol. The van der Waals surface area contributed by atoms with Gasteiger partial charge in [0.1, 0.15) is 0 Å². The minimum absolute atomic E-state index is 0.0382. The maximum atomic E-state index is 9.63. The predicted octanol–water partition coefficient (Wildman–Crippen LogP) is 3.50. The first-order valence-corrected chi connectivity index (χ1v) is 8.66. The van der Waals surface area contributed by atoms with Crippen LogP contribution in [0.5, 0.6) is 0 Å². The van der Waals surface area contributed by atoms with Crippen LogP contribution >= 0.6 is 0 Å². The van der Waals surface area contributed by atoms with Crippen LogP contribution < -0.4 is 5.32 Å². The van der Waals surface area contributed by atoms with E-state index in [1.807, 2.05) is 7.05 Å². The van der Waals surface area contributed by atoms with Crippen molar-refractivity contribution >= 4 is 0 Å². The molecule has 0 aromatic heterocycles. The second-order valence-corrected chi connectivity index (χ2v) is 6.32. The first kappa shape index (κ1) is 17.9. The first-order chi connectivity index (χ1) is 9.79. The molecule has 0 aliphatic heterocycles. The molecule has 0 saturated heterocycles. The highest BCUT2D eigenvalue weighted by Crippen LogP contribution is 2.37. The number of ether oxygens (including phenoxy) is 1. The summed E-state index contributed by atoms with van der Waals surface area (Å²) in [6, 6.07) is 0. The molecule has 0 heterocycles. The van der Waals surface area contributed by atoms with Crippen LogP contribution in [0.1, 0.15) is 71.1 Å². The Labute approximate surface area is 125 Å². The third-order valence-electron chi connectivity index (χ3n) is 4.99. The van der Waals surface area contributed by atoms with Crippen molar-refractivity contribution in [2.45, 2.75) is 76.7 Å². The second kappa shape index (κ2) is 10.6. The van der Waals surface area contributed by atoms with E-state index in [4.69, 9.17) is 4.74 Å². The standard InChI is InChI=1S/C17H35NO2/c1-3-4-5-6-7-8-13-20-14-11-16-10-9-12-17(16,15-19)18-2/h16,18-19H,3-15H2,1-2H3. The summed E-state index contributed by atoms with van der Waals surface area (Å²) in [6.07, 6.45) is 12.6. The summed E-state index contributed by atoms with van der Waals surface area (Å²) in [4.78, 5) is 0. The molecule has 1 rings (SSSR count). The Balaban J connectivity index is 2.01. The van der Waals surface area contributed by atoms with Crippen LogP contribution in [0.3, 0.4) is 0 Å².